The second-order valence-corrected chi connectivity index (χ2v) is 10.2. The van der Waals surface area contributed by atoms with Crippen LogP contribution in [0.2, 0.25) is 0 Å². The molecule has 3 nitrogen and oxygen atoms in total. The Bertz CT molecular complexity index is 622. The molecule has 1 aromatic rings. The molecule has 4 fully saturated rings. The zero-order chi connectivity index (χ0) is 18.3. The lowest BCUT2D eigenvalue weighted by molar-refractivity contribution is -0.0742. The van der Waals surface area contributed by atoms with Crippen molar-refractivity contribution in [1.29, 1.82) is 0 Å². The molecule has 1 aromatic carbocycles. The summed E-state index contributed by atoms with van der Waals surface area (Å²) in [7, 11) is 0. The molecule has 1 atom stereocenters. The van der Waals surface area contributed by atoms with Crippen molar-refractivity contribution in [2.24, 2.45) is 23.2 Å². The number of ether oxygens (including phenoxy) is 1. The third kappa shape index (κ3) is 3.97. The molecule has 0 radical (unpaired) electrons. The van der Waals surface area contributed by atoms with Crippen LogP contribution in [0.3, 0.4) is 0 Å². The average Bonchev–Trinajstić information content (AvgIpc) is 2.64. The molecule has 1 unspecified atom stereocenters. The monoisotopic (exact) mass is 369 g/mol. The highest BCUT2D eigenvalue weighted by Crippen LogP contribution is 2.61. The van der Waals surface area contributed by atoms with E-state index in [0.717, 1.165) is 50.4 Å². The third-order valence-corrected chi connectivity index (χ3v) is 7.93. The Labute approximate surface area is 164 Å². The summed E-state index contributed by atoms with van der Waals surface area (Å²) in [6.45, 7) is 4.06. The van der Waals surface area contributed by atoms with Gasteiger partial charge in [-0.25, -0.2) is 0 Å². The average molecular weight is 370 g/mol. The lowest BCUT2D eigenvalue weighted by Crippen LogP contribution is -2.46. The minimum Gasteiger partial charge on any atom is -0.389 e. The highest BCUT2D eigenvalue weighted by atomic mass is 16.5. The van der Waals surface area contributed by atoms with Crippen LogP contribution in [-0.2, 0) is 17.7 Å². The molecule has 0 saturated heterocycles. The van der Waals surface area contributed by atoms with E-state index in [-0.39, 0.29) is 6.10 Å². The van der Waals surface area contributed by atoms with Gasteiger partial charge in [-0.1, -0.05) is 24.3 Å². The fourth-order valence-corrected chi connectivity index (χ4v) is 7.16. The second kappa shape index (κ2) is 7.50. The van der Waals surface area contributed by atoms with Crippen LogP contribution in [0.15, 0.2) is 24.3 Å². The number of nitrogens with zero attached hydrogens (tertiary/aromatic N) is 1. The molecule has 1 aliphatic heterocycles. The lowest BCUT2D eigenvalue weighted by atomic mass is 9.49. The Hall–Kier alpha value is -0.900. The summed E-state index contributed by atoms with van der Waals surface area (Å²) in [5, 5.41) is 10.4. The SMILES string of the molecule is OC(COCCC12CC3CC(CC(C3)C1)C2)CN1CCc2ccccc2C1. The topological polar surface area (TPSA) is 32.7 Å². The van der Waals surface area contributed by atoms with Crippen LogP contribution in [0.1, 0.15) is 56.1 Å². The summed E-state index contributed by atoms with van der Waals surface area (Å²) in [6.07, 6.45) is 10.9. The van der Waals surface area contributed by atoms with E-state index in [4.69, 9.17) is 4.74 Å². The molecule has 4 aliphatic carbocycles. The number of benzene rings is 1. The fourth-order valence-electron chi connectivity index (χ4n) is 7.16. The molecule has 0 spiro atoms. The van der Waals surface area contributed by atoms with E-state index < -0.39 is 0 Å². The van der Waals surface area contributed by atoms with Crippen molar-refractivity contribution in [1.82, 2.24) is 4.90 Å². The first-order valence-electron chi connectivity index (χ1n) is 11.2. The number of rotatable bonds is 7. The molecule has 4 saturated carbocycles. The van der Waals surface area contributed by atoms with Crippen molar-refractivity contribution in [2.45, 2.75) is 64.0 Å². The third-order valence-electron chi connectivity index (χ3n) is 7.93. The summed E-state index contributed by atoms with van der Waals surface area (Å²) in [6, 6.07) is 8.69. The molecule has 0 amide bonds. The van der Waals surface area contributed by atoms with Crippen LogP contribution in [0.5, 0.6) is 0 Å². The number of aliphatic hydroxyl groups excluding tert-OH is 1. The van der Waals surface area contributed by atoms with Crippen LogP contribution in [0.25, 0.3) is 0 Å². The van der Waals surface area contributed by atoms with Crippen LogP contribution >= 0.6 is 0 Å². The van der Waals surface area contributed by atoms with Crippen molar-refractivity contribution in [3.05, 3.63) is 35.4 Å². The van der Waals surface area contributed by atoms with Gasteiger partial charge in [-0.15, -0.1) is 0 Å². The Morgan fingerprint density at radius 1 is 1.04 bits per heavy atom. The molecule has 148 valence electrons. The maximum atomic E-state index is 10.4. The van der Waals surface area contributed by atoms with Crippen LogP contribution in [0.4, 0.5) is 0 Å². The Morgan fingerprint density at radius 2 is 1.70 bits per heavy atom. The van der Waals surface area contributed by atoms with Gasteiger partial charge in [0, 0.05) is 26.2 Å². The Morgan fingerprint density at radius 3 is 2.41 bits per heavy atom. The standard InChI is InChI=1S/C24H35NO2/c26-23(16-25-7-5-21-3-1-2-4-22(21)15-25)17-27-8-6-24-12-18-9-19(13-24)11-20(10-18)14-24/h1-4,18-20,23,26H,5-17H2. The quantitative estimate of drug-likeness (QED) is 0.737. The van der Waals surface area contributed by atoms with Gasteiger partial charge >= 0.3 is 0 Å². The van der Waals surface area contributed by atoms with Gasteiger partial charge in [0.2, 0.25) is 0 Å². The van der Waals surface area contributed by atoms with Crippen molar-refractivity contribution in [3.8, 4) is 0 Å². The summed E-state index contributed by atoms with van der Waals surface area (Å²) in [5.41, 5.74) is 3.48. The number of hydrogen-bond acceptors (Lipinski definition) is 3. The van der Waals surface area contributed by atoms with E-state index >= 15 is 0 Å². The summed E-state index contributed by atoms with van der Waals surface area (Å²) < 4.78 is 5.97. The van der Waals surface area contributed by atoms with Crippen LogP contribution in [0, 0.1) is 23.2 Å². The molecule has 0 aromatic heterocycles. The maximum absolute atomic E-state index is 10.4. The molecular weight excluding hydrogens is 334 g/mol. The van der Waals surface area contributed by atoms with Gasteiger partial charge < -0.3 is 9.84 Å². The van der Waals surface area contributed by atoms with Crippen molar-refractivity contribution < 1.29 is 9.84 Å². The zero-order valence-corrected chi connectivity index (χ0v) is 16.6. The van der Waals surface area contributed by atoms with E-state index in [1.54, 1.807) is 0 Å². The molecule has 1 heterocycles. The van der Waals surface area contributed by atoms with Crippen molar-refractivity contribution in [2.75, 3.05) is 26.3 Å². The molecule has 1 N–H and O–H groups in total. The summed E-state index contributed by atoms with van der Waals surface area (Å²) in [5.74, 6) is 3.05. The molecule has 6 rings (SSSR count). The lowest BCUT2D eigenvalue weighted by Gasteiger charge is -2.57. The van der Waals surface area contributed by atoms with Gasteiger partial charge in [-0.3, -0.25) is 4.90 Å². The molecule has 4 bridgehead atoms. The predicted octanol–water partition coefficient (Wildman–Crippen LogP) is 4.03. The van der Waals surface area contributed by atoms with Gasteiger partial charge in [-0.2, -0.15) is 0 Å². The van der Waals surface area contributed by atoms with Gasteiger partial charge in [0.05, 0.1) is 12.7 Å². The summed E-state index contributed by atoms with van der Waals surface area (Å²) >= 11 is 0. The van der Waals surface area contributed by atoms with Crippen LogP contribution in [-0.4, -0.2) is 42.4 Å². The minimum atomic E-state index is -0.369. The second-order valence-electron chi connectivity index (χ2n) is 10.2. The fraction of sp³-hybridized carbons (Fsp3) is 0.750. The number of fused-ring (bicyclic) bond motifs is 1. The zero-order valence-electron chi connectivity index (χ0n) is 16.6. The maximum Gasteiger partial charge on any atom is 0.0900 e. The normalized spacial score (nSPS) is 36.0. The molecule has 5 aliphatic rings. The first-order chi connectivity index (χ1) is 13.2. The largest absolute Gasteiger partial charge is 0.389 e. The van der Waals surface area contributed by atoms with E-state index in [1.165, 1.54) is 56.1 Å². The van der Waals surface area contributed by atoms with E-state index in [1.807, 2.05) is 0 Å². The van der Waals surface area contributed by atoms with E-state index in [9.17, 15) is 5.11 Å². The first kappa shape index (κ1) is 18.1. The summed E-state index contributed by atoms with van der Waals surface area (Å²) in [4.78, 5) is 2.37. The van der Waals surface area contributed by atoms with Crippen molar-refractivity contribution in [3.63, 3.8) is 0 Å². The predicted molar refractivity (Wildman–Crippen MR) is 107 cm³/mol. The minimum absolute atomic E-state index is 0.369. The number of β-amino-alcohol motifs (C(OH)–C–C–N with tert-alkyl or cyclic N) is 1. The van der Waals surface area contributed by atoms with Gasteiger partial charge in [0.1, 0.15) is 0 Å². The van der Waals surface area contributed by atoms with E-state index in [0.29, 0.717) is 12.0 Å². The number of aliphatic hydroxyl groups is 1. The smallest absolute Gasteiger partial charge is 0.0900 e. The highest BCUT2D eigenvalue weighted by molar-refractivity contribution is 5.29. The van der Waals surface area contributed by atoms with Crippen LogP contribution < -0.4 is 0 Å². The molecule has 3 heteroatoms. The van der Waals surface area contributed by atoms with Gasteiger partial charge in [-0.05, 0) is 85.7 Å². The van der Waals surface area contributed by atoms with E-state index in [2.05, 4.69) is 29.2 Å². The highest BCUT2D eigenvalue weighted by Gasteiger charge is 2.50. The van der Waals surface area contributed by atoms with Gasteiger partial charge in [0.15, 0.2) is 0 Å². The molecule has 27 heavy (non-hydrogen) atoms. The Balaban J connectivity index is 1.04. The van der Waals surface area contributed by atoms with Gasteiger partial charge in [0.25, 0.3) is 0 Å². The molecular formula is C24H35NO2. The Kier molecular flexibility index (Phi) is 5.04. The number of hydrogen-bond donors (Lipinski definition) is 1. The first-order valence-corrected chi connectivity index (χ1v) is 11.2. The van der Waals surface area contributed by atoms with Crippen molar-refractivity contribution >= 4 is 0 Å².